The van der Waals surface area contributed by atoms with Gasteiger partial charge in [0.2, 0.25) is 5.79 Å². The summed E-state index contributed by atoms with van der Waals surface area (Å²) >= 11 is 0. The van der Waals surface area contributed by atoms with E-state index in [-0.39, 0.29) is 11.3 Å². The first-order valence-electron chi connectivity index (χ1n) is 11.3. The van der Waals surface area contributed by atoms with E-state index >= 15 is 0 Å². The third kappa shape index (κ3) is 2.36. The lowest BCUT2D eigenvalue weighted by atomic mass is 9.41. The number of esters is 2. The van der Waals surface area contributed by atoms with Gasteiger partial charge in [0, 0.05) is 31.1 Å². The van der Waals surface area contributed by atoms with Gasteiger partial charge in [-0.05, 0) is 41.9 Å². The van der Waals surface area contributed by atoms with Gasteiger partial charge in [0.25, 0.3) is 0 Å². The van der Waals surface area contributed by atoms with Gasteiger partial charge in [0.05, 0.1) is 12.0 Å². The highest BCUT2D eigenvalue weighted by atomic mass is 17.2. The number of fused-ring (bicyclic) bond motifs is 2. The Bertz CT molecular complexity index is 938. The second-order valence-electron chi connectivity index (χ2n) is 11.1. The van der Waals surface area contributed by atoms with E-state index in [2.05, 4.69) is 20.4 Å². The molecule has 0 aromatic heterocycles. The van der Waals surface area contributed by atoms with Gasteiger partial charge in [-0.25, -0.2) is 4.89 Å². The summed E-state index contributed by atoms with van der Waals surface area (Å²) in [5.74, 6) is -4.25. The van der Waals surface area contributed by atoms with E-state index in [9.17, 15) is 19.8 Å². The molecule has 2 bridgehead atoms. The van der Waals surface area contributed by atoms with Crippen LogP contribution in [0.5, 0.6) is 0 Å². The molecule has 0 aromatic carbocycles. The lowest BCUT2D eigenvalue weighted by Gasteiger charge is -2.65. The lowest BCUT2D eigenvalue weighted by molar-refractivity contribution is -0.405. The molecular weight excluding hydrogens is 416 g/mol. The van der Waals surface area contributed by atoms with Crippen molar-refractivity contribution in [3.63, 3.8) is 0 Å². The van der Waals surface area contributed by atoms with Crippen LogP contribution in [0.2, 0.25) is 0 Å². The van der Waals surface area contributed by atoms with Crippen LogP contribution < -0.4 is 0 Å². The topological polar surface area (TPSA) is 112 Å². The van der Waals surface area contributed by atoms with Crippen molar-refractivity contribution in [2.24, 2.45) is 28.6 Å². The fraction of sp³-hybridized carbons (Fsp3) is 0.750. The molecule has 1 spiro atoms. The van der Waals surface area contributed by atoms with Crippen LogP contribution in [0.4, 0.5) is 0 Å². The first kappa shape index (κ1) is 22.1. The molecule has 5 rings (SSSR count). The molecule has 8 nitrogen and oxygen atoms in total. The SMILES string of the molecule is C=C1C2CC3=CC(OC(C)=O)C4C(C)(C)CCC(OC(C)=O)C4(C)C34OOC1(O)C4C2O. The van der Waals surface area contributed by atoms with Crippen molar-refractivity contribution < 1.29 is 39.1 Å². The molecule has 1 saturated heterocycles. The first-order chi connectivity index (χ1) is 14.8. The van der Waals surface area contributed by atoms with Crippen LogP contribution in [0.1, 0.15) is 53.9 Å². The molecule has 9 unspecified atom stereocenters. The molecule has 0 radical (unpaired) electrons. The first-order valence-corrected chi connectivity index (χ1v) is 11.3. The number of rotatable bonds is 2. The van der Waals surface area contributed by atoms with Gasteiger partial charge in [-0.3, -0.25) is 9.59 Å². The van der Waals surface area contributed by atoms with Crippen molar-refractivity contribution in [1.29, 1.82) is 0 Å². The summed E-state index contributed by atoms with van der Waals surface area (Å²) in [5.41, 5.74) is -1.39. The summed E-state index contributed by atoms with van der Waals surface area (Å²) in [4.78, 5) is 35.9. The van der Waals surface area contributed by atoms with Gasteiger partial charge < -0.3 is 19.7 Å². The standard InChI is InChI=1S/C24H32O8/c1-11-15-9-14-10-16(29-12(2)25)19-21(4,5)8-7-17(30-13(3)26)22(19,6)23(14)20(18(15)27)24(11,28)32-31-23/h10,15-20,27-28H,1,7-9H2,2-6H3. The molecular formula is C24H32O8. The van der Waals surface area contributed by atoms with Gasteiger partial charge in [-0.15, -0.1) is 0 Å². The highest BCUT2D eigenvalue weighted by Gasteiger charge is 2.83. The van der Waals surface area contributed by atoms with E-state index in [0.717, 1.165) is 12.0 Å². The average molecular weight is 449 g/mol. The summed E-state index contributed by atoms with van der Waals surface area (Å²) in [6, 6.07) is 0. The van der Waals surface area contributed by atoms with E-state index in [1.54, 1.807) is 0 Å². The Morgan fingerprint density at radius 3 is 2.41 bits per heavy atom. The number of aliphatic hydroxyl groups excluding tert-OH is 1. The Labute approximate surface area is 187 Å². The smallest absolute Gasteiger partial charge is 0.303 e. The van der Waals surface area contributed by atoms with Crippen molar-refractivity contribution in [1.82, 2.24) is 0 Å². The van der Waals surface area contributed by atoms with E-state index in [0.29, 0.717) is 18.4 Å². The number of aliphatic hydroxyl groups is 2. The molecule has 4 aliphatic carbocycles. The maximum atomic E-state index is 12.1. The molecule has 0 amide bonds. The van der Waals surface area contributed by atoms with Crippen LogP contribution in [0.25, 0.3) is 0 Å². The number of carbonyl (C=O) groups excluding carboxylic acids is 2. The zero-order chi connectivity index (χ0) is 23.4. The minimum absolute atomic E-state index is 0.329. The maximum Gasteiger partial charge on any atom is 0.303 e. The van der Waals surface area contributed by atoms with Gasteiger partial charge in [-0.1, -0.05) is 27.4 Å². The highest BCUT2D eigenvalue weighted by molar-refractivity contribution is 5.67. The monoisotopic (exact) mass is 448 g/mol. The summed E-state index contributed by atoms with van der Waals surface area (Å²) in [6.07, 6.45) is 1.49. The maximum absolute atomic E-state index is 12.1. The van der Waals surface area contributed by atoms with Gasteiger partial charge in [-0.2, -0.15) is 4.89 Å². The van der Waals surface area contributed by atoms with Crippen LogP contribution in [0.15, 0.2) is 23.8 Å². The minimum atomic E-state index is -1.84. The number of hydrogen-bond acceptors (Lipinski definition) is 8. The van der Waals surface area contributed by atoms with E-state index in [4.69, 9.17) is 19.2 Å². The lowest BCUT2D eigenvalue weighted by Crippen LogP contribution is -2.73. The Morgan fingerprint density at radius 1 is 1.12 bits per heavy atom. The van der Waals surface area contributed by atoms with Crippen molar-refractivity contribution >= 4 is 11.9 Å². The van der Waals surface area contributed by atoms with Crippen LogP contribution in [0, 0.1) is 28.6 Å². The Kier molecular flexibility index (Phi) is 4.44. The largest absolute Gasteiger partial charge is 0.462 e. The molecule has 176 valence electrons. The molecule has 3 saturated carbocycles. The number of ether oxygens (including phenoxy) is 2. The molecule has 5 aliphatic rings. The summed E-state index contributed by atoms with van der Waals surface area (Å²) in [7, 11) is 0. The summed E-state index contributed by atoms with van der Waals surface area (Å²) in [6.45, 7) is 12.9. The second kappa shape index (κ2) is 6.44. The number of carbonyl (C=O) groups is 2. The molecule has 4 fully saturated rings. The van der Waals surface area contributed by atoms with Crippen molar-refractivity contribution in [3.05, 3.63) is 23.8 Å². The van der Waals surface area contributed by atoms with Crippen molar-refractivity contribution in [3.8, 4) is 0 Å². The highest BCUT2D eigenvalue weighted by Crippen LogP contribution is 2.74. The van der Waals surface area contributed by atoms with Gasteiger partial charge in [0.1, 0.15) is 17.8 Å². The average Bonchev–Trinajstić information content (AvgIpc) is 3.05. The normalized spacial score (nSPS) is 50.2. The van der Waals surface area contributed by atoms with Crippen LogP contribution >= 0.6 is 0 Å². The Morgan fingerprint density at radius 2 is 1.78 bits per heavy atom. The molecule has 0 aromatic rings. The number of hydrogen-bond donors (Lipinski definition) is 2. The predicted octanol–water partition coefficient (Wildman–Crippen LogP) is 2.19. The summed E-state index contributed by atoms with van der Waals surface area (Å²) < 4.78 is 11.7. The fourth-order valence-corrected chi connectivity index (χ4v) is 7.98. The van der Waals surface area contributed by atoms with Crippen LogP contribution in [-0.2, 0) is 28.8 Å². The Hall–Kier alpha value is -1.74. The molecule has 32 heavy (non-hydrogen) atoms. The summed E-state index contributed by atoms with van der Waals surface area (Å²) in [5, 5.41) is 22.7. The predicted molar refractivity (Wildman–Crippen MR) is 110 cm³/mol. The zero-order valence-corrected chi connectivity index (χ0v) is 19.2. The third-order valence-electron chi connectivity index (χ3n) is 9.05. The molecule has 8 heteroatoms. The van der Waals surface area contributed by atoms with Crippen molar-refractivity contribution in [2.45, 2.75) is 83.6 Å². The zero-order valence-electron chi connectivity index (χ0n) is 19.2. The van der Waals surface area contributed by atoms with E-state index in [1.807, 2.05) is 13.0 Å². The molecule has 1 aliphatic heterocycles. The van der Waals surface area contributed by atoms with Crippen molar-refractivity contribution in [2.75, 3.05) is 0 Å². The van der Waals surface area contributed by atoms with Gasteiger partial charge >= 0.3 is 11.9 Å². The van der Waals surface area contributed by atoms with E-state index < -0.39 is 58.9 Å². The molecule has 9 atom stereocenters. The minimum Gasteiger partial charge on any atom is -0.462 e. The van der Waals surface area contributed by atoms with Gasteiger partial charge in [0.15, 0.2) is 0 Å². The second-order valence-corrected chi connectivity index (χ2v) is 11.1. The fourth-order valence-electron chi connectivity index (χ4n) is 7.98. The van der Waals surface area contributed by atoms with Crippen LogP contribution in [-0.4, -0.2) is 51.9 Å². The quantitative estimate of drug-likeness (QED) is 0.376. The van der Waals surface area contributed by atoms with E-state index in [1.165, 1.54) is 13.8 Å². The molecule has 2 N–H and O–H groups in total. The Balaban J connectivity index is 1.79. The molecule has 1 heterocycles. The van der Waals surface area contributed by atoms with Crippen LogP contribution in [0.3, 0.4) is 0 Å². The third-order valence-corrected chi connectivity index (χ3v) is 9.05.